The summed E-state index contributed by atoms with van der Waals surface area (Å²) in [6.45, 7) is 1.37. The minimum absolute atomic E-state index is 0.0261. The summed E-state index contributed by atoms with van der Waals surface area (Å²) in [5.41, 5.74) is 2.12. The van der Waals surface area contributed by atoms with Crippen molar-refractivity contribution in [3.8, 4) is 5.75 Å². The number of methoxy groups -OCH3 is 1. The molecule has 0 aliphatic carbocycles. The van der Waals surface area contributed by atoms with Gasteiger partial charge in [-0.05, 0) is 42.0 Å². The maximum absolute atomic E-state index is 12.8. The minimum atomic E-state index is 0.0261. The van der Waals surface area contributed by atoms with Crippen LogP contribution in [0.25, 0.3) is 0 Å². The van der Waals surface area contributed by atoms with Crippen molar-refractivity contribution in [1.82, 2.24) is 4.90 Å². The number of hydrogen-bond donors (Lipinski definition) is 0. The topological polar surface area (TPSA) is 45.9 Å². The van der Waals surface area contributed by atoms with E-state index in [0.717, 1.165) is 22.8 Å². The van der Waals surface area contributed by atoms with Crippen LogP contribution in [0.1, 0.15) is 11.3 Å². The van der Waals surface area contributed by atoms with Gasteiger partial charge in [-0.15, -0.1) is 0 Å². The van der Waals surface area contributed by atoms with Crippen molar-refractivity contribution in [3.05, 3.63) is 84.3 Å². The zero-order chi connectivity index (χ0) is 19.1. The first-order chi connectivity index (χ1) is 13.2. The van der Waals surface area contributed by atoms with Gasteiger partial charge in [0.25, 0.3) is 0 Å². The van der Waals surface area contributed by atoms with Crippen LogP contribution in [0.2, 0.25) is 0 Å². The maximum atomic E-state index is 12.8. The van der Waals surface area contributed by atoms with E-state index < -0.39 is 0 Å². The second kappa shape index (κ2) is 8.94. The van der Waals surface area contributed by atoms with Crippen molar-refractivity contribution in [3.63, 3.8) is 0 Å². The first-order valence-corrected chi connectivity index (χ1v) is 8.85. The standard InChI is InChI=1S/C22H24N2O3/c1-23(16-21-9-6-14-27-21)22(25)17-24(15-18-7-4-3-5-8-18)19-10-12-20(26-2)13-11-19/h3-14H,15-17H2,1-2H3. The van der Waals surface area contributed by atoms with Crippen molar-refractivity contribution >= 4 is 11.6 Å². The summed E-state index contributed by atoms with van der Waals surface area (Å²) in [6.07, 6.45) is 1.62. The van der Waals surface area contributed by atoms with Crippen LogP contribution in [0.5, 0.6) is 5.75 Å². The van der Waals surface area contributed by atoms with Crippen molar-refractivity contribution in [2.24, 2.45) is 0 Å². The predicted octanol–water partition coefficient (Wildman–Crippen LogP) is 3.95. The highest BCUT2D eigenvalue weighted by molar-refractivity contribution is 5.81. The highest BCUT2D eigenvalue weighted by Gasteiger charge is 2.17. The summed E-state index contributed by atoms with van der Waals surface area (Å²) in [6, 6.07) is 21.6. The largest absolute Gasteiger partial charge is 0.497 e. The second-order valence-electron chi connectivity index (χ2n) is 6.37. The van der Waals surface area contributed by atoms with E-state index in [9.17, 15) is 4.79 Å². The van der Waals surface area contributed by atoms with Crippen molar-refractivity contribution < 1.29 is 13.9 Å². The molecular weight excluding hydrogens is 340 g/mol. The number of carbonyl (C=O) groups excluding carboxylic acids is 1. The first-order valence-electron chi connectivity index (χ1n) is 8.85. The quantitative estimate of drug-likeness (QED) is 0.607. The number of likely N-dealkylation sites (N-methyl/N-ethyl adjacent to an activating group) is 1. The van der Waals surface area contributed by atoms with E-state index in [4.69, 9.17) is 9.15 Å². The van der Waals surface area contributed by atoms with Crippen molar-refractivity contribution in [1.29, 1.82) is 0 Å². The van der Waals surface area contributed by atoms with Crippen LogP contribution >= 0.6 is 0 Å². The monoisotopic (exact) mass is 364 g/mol. The third-order valence-corrected chi connectivity index (χ3v) is 4.38. The van der Waals surface area contributed by atoms with Crippen LogP contribution in [0.15, 0.2) is 77.4 Å². The molecule has 1 amide bonds. The van der Waals surface area contributed by atoms with Gasteiger partial charge in [-0.2, -0.15) is 0 Å². The van der Waals surface area contributed by atoms with Gasteiger partial charge in [0.2, 0.25) is 5.91 Å². The van der Waals surface area contributed by atoms with E-state index in [1.807, 2.05) is 54.6 Å². The van der Waals surface area contributed by atoms with Crippen LogP contribution in [-0.4, -0.2) is 31.5 Å². The van der Waals surface area contributed by atoms with Gasteiger partial charge in [0, 0.05) is 19.3 Å². The van der Waals surface area contributed by atoms with Crippen LogP contribution in [0.3, 0.4) is 0 Å². The Hall–Kier alpha value is -3.21. The molecule has 0 aliphatic rings. The van der Waals surface area contributed by atoms with E-state index in [0.29, 0.717) is 13.1 Å². The molecule has 1 aromatic heterocycles. The molecule has 0 spiro atoms. The fraction of sp³-hybridized carbons (Fsp3) is 0.227. The molecule has 5 heteroatoms. The number of hydrogen-bond acceptors (Lipinski definition) is 4. The molecule has 0 bridgehead atoms. The van der Waals surface area contributed by atoms with Gasteiger partial charge >= 0.3 is 0 Å². The van der Waals surface area contributed by atoms with Crippen LogP contribution in [0, 0.1) is 0 Å². The first kappa shape index (κ1) is 18.6. The lowest BCUT2D eigenvalue weighted by molar-refractivity contribution is -0.129. The Bertz CT molecular complexity index is 830. The van der Waals surface area contributed by atoms with Crippen LogP contribution in [-0.2, 0) is 17.9 Å². The molecule has 0 radical (unpaired) electrons. The Kier molecular flexibility index (Phi) is 6.15. The Labute approximate surface area is 159 Å². The molecule has 3 aromatic rings. The number of carbonyl (C=O) groups is 1. The fourth-order valence-electron chi connectivity index (χ4n) is 2.84. The molecule has 0 fully saturated rings. The molecule has 0 atom stereocenters. The van der Waals surface area contributed by atoms with E-state index in [1.54, 1.807) is 25.3 Å². The lowest BCUT2D eigenvalue weighted by Crippen LogP contribution is -2.37. The summed E-state index contributed by atoms with van der Waals surface area (Å²) < 4.78 is 10.6. The smallest absolute Gasteiger partial charge is 0.242 e. The Balaban J connectivity index is 1.74. The number of anilines is 1. The normalized spacial score (nSPS) is 10.4. The minimum Gasteiger partial charge on any atom is -0.497 e. The van der Waals surface area contributed by atoms with Crippen molar-refractivity contribution in [2.75, 3.05) is 25.6 Å². The summed E-state index contributed by atoms with van der Waals surface area (Å²) in [4.78, 5) is 16.5. The molecule has 2 aromatic carbocycles. The molecule has 0 saturated heterocycles. The molecule has 3 rings (SSSR count). The Morgan fingerprint density at radius 3 is 2.33 bits per heavy atom. The Morgan fingerprint density at radius 1 is 0.963 bits per heavy atom. The van der Waals surface area contributed by atoms with E-state index in [1.165, 1.54) is 0 Å². The zero-order valence-electron chi connectivity index (χ0n) is 15.7. The zero-order valence-corrected chi connectivity index (χ0v) is 15.7. The molecule has 0 N–H and O–H groups in total. The molecule has 5 nitrogen and oxygen atoms in total. The van der Waals surface area contributed by atoms with E-state index >= 15 is 0 Å². The van der Waals surface area contributed by atoms with Crippen LogP contribution in [0.4, 0.5) is 5.69 Å². The lowest BCUT2D eigenvalue weighted by Gasteiger charge is -2.27. The maximum Gasteiger partial charge on any atom is 0.242 e. The molecular formula is C22H24N2O3. The fourth-order valence-corrected chi connectivity index (χ4v) is 2.84. The highest BCUT2D eigenvalue weighted by Crippen LogP contribution is 2.21. The highest BCUT2D eigenvalue weighted by atomic mass is 16.5. The van der Waals surface area contributed by atoms with E-state index in [-0.39, 0.29) is 12.5 Å². The predicted molar refractivity (Wildman–Crippen MR) is 106 cm³/mol. The average Bonchev–Trinajstić information content (AvgIpc) is 3.21. The van der Waals surface area contributed by atoms with Crippen LogP contribution < -0.4 is 9.64 Å². The lowest BCUT2D eigenvalue weighted by atomic mass is 10.2. The van der Waals surface area contributed by atoms with Gasteiger partial charge in [-0.3, -0.25) is 4.79 Å². The summed E-state index contributed by atoms with van der Waals surface area (Å²) in [5.74, 6) is 1.59. The number of nitrogens with zero attached hydrogens (tertiary/aromatic N) is 2. The third kappa shape index (κ3) is 5.14. The van der Waals surface area contributed by atoms with Gasteiger partial charge in [-0.1, -0.05) is 30.3 Å². The van der Waals surface area contributed by atoms with Gasteiger partial charge in [-0.25, -0.2) is 0 Å². The van der Waals surface area contributed by atoms with Gasteiger partial charge in [0.1, 0.15) is 11.5 Å². The molecule has 0 aliphatic heterocycles. The molecule has 27 heavy (non-hydrogen) atoms. The number of rotatable bonds is 8. The van der Waals surface area contributed by atoms with Crippen molar-refractivity contribution in [2.45, 2.75) is 13.1 Å². The van der Waals surface area contributed by atoms with E-state index in [2.05, 4.69) is 17.0 Å². The molecule has 0 saturated carbocycles. The third-order valence-electron chi connectivity index (χ3n) is 4.38. The number of furan rings is 1. The number of ether oxygens (including phenoxy) is 1. The SMILES string of the molecule is COc1ccc(N(CC(=O)N(C)Cc2ccco2)Cc2ccccc2)cc1. The molecule has 1 heterocycles. The average molecular weight is 364 g/mol. The van der Waals surface area contributed by atoms with Gasteiger partial charge < -0.3 is 19.0 Å². The molecule has 140 valence electrons. The Morgan fingerprint density at radius 2 is 1.70 bits per heavy atom. The number of benzene rings is 2. The second-order valence-corrected chi connectivity index (χ2v) is 6.37. The summed E-state index contributed by atoms with van der Waals surface area (Å²) in [7, 11) is 3.43. The van der Waals surface area contributed by atoms with Gasteiger partial charge in [0.05, 0.1) is 26.5 Å². The number of amides is 1. The summed E-state index contributed by atoms with van der Waals surface area (Å²) >= 11 is 0. The van der Waals surface area contributed by atoms with Gasteiger partial charge in [0.15, 0.2) is 0 Å². The summed E-state index contributed by atoms with van der Waals surface area (Å²) in [5, 5.41) is 0. The molecule has 0 unspecified atom stereocenters.